The Morgan fingerprint density at radius 2 is 1.63 bits per heavy atom. The van der Waals surface area contributed by atoms with Crippen LogP contribution >= 0.6 is 23.2 Å². The van der Waals surface area contributed by atoms with Crippen LogP contribution in [0.5, 0.6) is 5.75 Å². The molecule has 0 amide bonds. The van der Waals surface area contributed by atoms with E-state index in [1.807, 2.05) is 30.3 Å². The number of esters is 1. The fourth-order valence-corrected chi connectivity index (χ4v) is 4.29. The first kappa shape index (κ1) is 21.5. The van der Waals surface area contributed by atoms with Gasteiger partial charge in [-0.2, -0.15) is 0 Å². The van der Waals surface area contributed by atoms with Gasteiger partial charge in [0.1, 0.15) is 10.6 Å². The van der Waals surface area contributed by atoms with Gasteiger partial charge in [-0.15, -0.1) is 0 Å². The van der Waals surface area contributed by atoms with Gasteiger partial charge in [-0.05, 0) is 24.3 Å². The van der Waals surface area contributed by atoms with Crippen molar-refractivity contribution in [3.05, 3.63) is 58.6 Å². The summed E-state index contributed by atoms with van der Waals surface area (Å²) in [5, 5.41) is 0.0204. The van der Waals surface area contributed by atoms with Gasteiger partial charge in [-0.25, -0.2) is 13.1 Å². The lowest BCUT2D eigenvalue weighted by atomic mass is 10.3. The number of hydrogen-bond acceptors (Lipinski definition) is 5. The number of ether oxygens (including phenoxy) is 2. The number of hydrogen-bond donors (Lipinski definition) is 1. The van der Waals surface area contributed by atoms with Crippen molar-refractivity contribution >= 4 is 39.2 Å². The fraction of sp³-hybridized carbons (Fsp3) is 0.278. The lowest BCUT2D eigenvalue weighted by Gasteiger charge is -2.10. The molecule has 2 aromatic carbocycles. The van der Waals surface area contributed by atoms with Crippen LogP contribution in [-0.4, -0.2) is 34.1 Å². The predicted octanol–water partition coefficient (Wildman–Crippen LogP) is 3.67. The van der Waals surface area contributed by atoms with E-state index in [0.717, 1.165) is 5.75 Å². The Labute approximate surface area is 168 Å². The van der Waals surface area contributed by atoms with Crippen LogP contribution in [0.3, 0.4) is 0 Å². The van der Waals surface area contributed by atoms with Gasteiger partial charge in [0.05, 0.1) is 29.7 Å². The normalized spacial score (nSPS) is 11.2. The molecular weight excluding hydrogens is 413 g/mol. The van der Waals surface area contributed by atoms with E-state index in [-0.39, 0.29) is 34.5 Å². The fourth-order valence-electron chi connectivity index (χ4n) is 2.12. The highest BCUT2D eigenvalue weighted by Crippen LogP contribution is 2.28. The standard InChI is InChI=1S/C18H19Cl2NO5S/c19-15-8-4-9-16(20)18(15)27(23,24)21-11-10-17(22)26-13-5-12-25-14-6-2-1-3-7-14/h1-4,6-9,21H,5,10-13H2. The van der Waals surface area contributed by atoms with Crippen molar-refractivity contribution in [2.45, 2.75) is 17.7 Å². The predicted molar refractivity (Wildman–Crippen MR) is 104 cm³/mol. The van der Waals surface area contributed by atoms with E-state index in [1.54, 1.807) is 6.07 Å². The molecule has 0 saturated heterocycles. The maximum atomic E-state index is 12.2. The molecule has 0 saturated carbocycles. The summed E-state index contributed by atoms with van der Waals surface area (Å²) >= 11 is 11.8. The molecule has 9 heteroatoms. The van der Waals surface area contributed by atoms with Gasteiger partial charge in [-0.1, -0.05) is 47.5 Å². The molecule has 2 aromatic rings. The third-order valence-corrected chi connectivity index (χ3v) is 5.79. The topological polar surface area (TPSA) is 81.7 Å². The van der Waals surface area contributed by atoms with Crippen LogP contribution in [0, 0.1) is 0 Å². The SMILES string of the molecule is O=C(CCNS(=O)(=O)c1c(Cl)cccc1Cl)OCCCOc1ccccc1. The maximum Gasteiger partial charge on any atom is 0.307 e. The van der Waals surface area contributed by atoms with Crippen molar-refractivity contribution in [1.29, 1.82) is 0 Å². The molecule has 6 nitrogen and oxygen atoms in total. The highest BCUT2D eigenvalue weighted by atomic mass is 35.5. The number of benzene rings is 2. The zero-order valence-electron chi connectivity index (χ0n) is 14.4. The van der Waals surface area contributed by atoms with E-state index in [4.69, 9.17) is 32.7 Å². The van der Waals surface area contributed by atoms with E-state index < -0.39 is 16.0 Å². The zero-order chi connectivity index (χ0) is 19.7. The van der Waals surface area contributed by atoms with E-state index in [0.29, 0.717) is 13.0 Å². The van der Waals surface area contributed by atoms with E-state index in [1.165, 1.54) is 12.1 Å². The number of halogens is 2. The molecule has 0 aromatic heterocycles. The molecule has 0 aliphatic heterocycles. The lowest BCUT2D eigenvalue weighted by Crippen LogP contribution is -2.27. The summed E-state index contributed by atoms with van der Waals surface area (Å²) in [6.07, 6.45) is 0.419. The van der Waals surface area contributed by atoms with E-state index in [9.17, 15) is 13.2 Å². The van der Waals surface area contributed by atoms with Crippen LogP contribution in [0.1, 0.15) is 12.8 Å². The lowest BCUT2D eigenvalue weighted by molar-refractivity contribution is -0.143. The largest absolute Gasteiger partial charge is 0.493 e. The van der Waals surface area contributed by atoms with Gasteiger partial charge >= 0.3 is 5.97 Å². The van der Waals surface area contributed by atoms with Gasteiger partial charge in [0.15, 0.2) is 0 Å². The molecule has 0 atom stereocenters. The Bertz CT molecular complexity index is 839. The van der Waals surface area contributed by atoms with Crippen molar-refractivity contribution < 1.29 is 22.7 Å². The minimum atomic E-state index is -3.92. The molecule has 27 heavy (non-hydrogen) atoms. The first-order valence-electron chi connectivity index (χ1n) is 8.17. The number of para-hydroxylation sites is 1. The second kappa shape index (κ2) is 10.5. The highest BCUT2D eigenvalue weighted by Gasteiger charge is 2.21. The summed E-state index contributed by atoms with van der Waals surface area (Å²) < 4.78 is 37.3. The molecule has 0 aliphatic carbocycles. The number of rotatable bonds is 10. The van der Waals surface area contributed by atoms with Crippen LogP contribution in [0.15, 0.2) is 53.4 Å². The van der Waals surface area contributed by atoms with Gasteiger partial charge in [0.25, 0.3) is 0 Å². The molecule has 0 aliphatic rings. The number of nitrogens with one attached hydrogen (secondary N) is 1. The summed E-state index contributed by atoms with van der Waals surface area (Å²) in [6.45, 7) is 0.479. The molecule has 1 N–H and O–H groups in total. The van der Waals surface area contributed by atoms with Gasteiger partial charge in [0, 0.05) is 13.0 Å². The molecule has 0 radical (unpaired) electrons. The Hall–Kier alpha value is -1.80. The maximum absolute atomic E-state index is 12.2. The van der Waals surface area contributed by atoms with Gasteiger partial charge < -0.3 is 9.47 Å². The summed E-state index contributed by atoms with van der Waals surface area (Å²) in [7, 11) is -3.92. The summed E-state index contributed by atoms with van der Waals surface area (Å²) in [6, 6.07) is 13.7. The van der Waals surface area contributed by atoms with Crippen LogP contribution in [-0.2, 0) is 19.6 Å². The smallest absolute Gasteiger partial charge is 0.307 e. The third kappa shape index (κ3) is 7.03. The Kier molecular flexibility index (Phi) is 8.37. The number of sulfonamides is 1. The minimum absolute atomic E-state index is 0.0102. The molecule has 2 rings (SSSR count). The molecule has 146 valence electrons. The van der Waals surface area contributed by atoms with Crippen molar-refractivity contribution in [3.8, 4) is 5.75 Å². The second-order valence-electron chi connectivity index (χ2n) is 5.43. The first-order valence-corrected chi connectivity index (χ1v) is 10.4. The average molecular weight is 432 g/mol. The van der Waals surface area contributed by atoms with Gasteiger partial charge in [0.2, 0.25) is 10.0 Å². The quantitative estimate of drug-likeness (QED) is 0.458. The summed E-state index contributed by atoms with van der Waals surface area (Å²) in [5.74, 6) is 0.235. The first-order chi connectivity index (χ1) is 12.9. The van der Waals surface area contributed by atoms with Crippen molar-refractivity contribution in [2.24, 2.45) is 0 Å². The van der Waals surface area contributed by atoms with Crippen LogP contribution in [0.25, 0.3) is 0 Å². The summed E-state index contributed by atoms with van der Waals surface area (Å²) in [4.78, 5) is 11.5. The van der Waals surface area contributed by atoms with Crippen molar-refractivity contribution in [3.63, 3.8) is 0 Å². The van der Waals surface area contributed by atoms with Crippen LogP contribution < -0.4 is 9.46 Å². The molecule has 0 bridgehead atoms. The van der Waals surface area contributed by atoms with E-state index >= 15 is 0 Å². The monoisotopic (exact) mass is 431 g/mol. The Morgan fingerprint density at radius 3 is 2.30 bits per heavy atom. The molecule has 0 heterocycles. The van der Waals surface area contributed by atoms with Crippen molar-refractivity contribution in [2.75, 3.05) is 19.8 Å². The Balaban J connectivity index is 1.67. The summed E-state index contributed by atoms with van der Waals surface area (Å²) in [5.41, 5.74) is 0. The molecule has 0 fully saturated rings. The minimum Gasteiger partial charge on any atom is -0.493 e. The van der Waals surface area contributed by atoms with Crippen molar-refractivity contribution in [1.82, 2.24) is 4.72 Å². The molecule has 0 unspecified atom stereocenters. The second-order valence-corrected chi connectivity index (χ2v) is 7.95. The highest BCUT2D eigenvalue weighted by molar-refractivity contribution is 7.89. The molecule has 0 spiro atoms. The van der Waals surface area contributed by atoms with Crippen LogP contribution in [0.2, 0.25) is 10.0 Å². The zero-order valence-corrected chi connectivity index (χ0v) is 16.7. The van der Waals surface area contributed by atoms with E-state index in [2.05, 4.69) is 4.72 Å². The Morgan fingerprint density at radius 1 is 0.963 bits per heavy atom. The average Bonchev–Trinajstić information content (AvgIpc) is 2.62. The molecular formula is C18H19Cl2NO5S. The van der Waals surface area contributed by atoms with Crippen LogP contribution in [0.4, 0.5) is 0 Å². The van der Waals surface area contributed by atoms with Gasteiger partial charge in [-0.3, -0.25) is 4.79 Å². The third-order valence-electron chi connectivity index (χ3n) is 3.37. The number of carbonyl (C=O) groups is 1. The number of carbonyl (C=O) groups excluding carboxylic acids is 1.